The number of hydrogen-bond donors (Lipinski definition) is 1. The van der Waals surface area contributed by atoms with Crippen molar-refractivity contribution in [3.05, 3.63) is 21.3 Å². The summed E-state index contributed by atoms with van der Waals surface area (Å²) in [6.07, 6.45) is 5.02. The Hall–Kier alpha value is -0.0500. The fourth-order valence-electron chi connectivity index (χ4n) is 3.38. The summed E-state index contributed by atoms with van der Waals surface area (Å²) in [7, 11) is 0. The zero-order valence-electron chi connectivity index (χ0n) is 8.53. The molecule has 2 fully saturated rings. The average Bonchev–Trinajstić information content (AvgIpc) is 2.90. The Labute approximate surface area is 99.1 Å². The Kier molecular flexibility index (Phi) is 2.54. The highest BCUT2D eigenvalue weighted by molar-refractivity contribution is 7.16. The molecule has 1 aromatic rings. The quantitative estimate of drug-likeness (QED) is 0.835. The lowest BCUT2D eigenvalue weighted by Crippen LogP contribution is -2.18. The van der Waals surface area contributed by atoms with E-state index >= 15 is 0 Å². The predicted octanol–water partition coefficient (Wildman–Crippen LogP) is 3.87. The van der Waals surface area contributed by atoms with Gasteiger partial charge in [-0.05, 0) is 49.1 Å². The molecule has 0 aliphatic heterocycles. The van der Waals surface area contributed by atoms with Crippen molar-refractivity contribution < 1.29 is 5.11 Å². The molecule has 82 valence electrons. The molecule has 3 rings (SSSR count). The maximum atomic E-state index is 10.3. The zero-order valence-corrected chi connectivity index (χ0v) is 10.1. The van der Waals surface area contributed by atoms with Gasteiger partial charge in [0.2, 0.25) is 0 Å². The molecule has 1 aromatic heterocycles. The highest BCUT2D eigenvalue weighted by atomic mass is 35.5. The van der Waals surface area contributed by atoms with E-state index in [1.165, 1.54) is 37.0 Å². The highest BCUT2D eigenvalue weighted by Crippen LogP contribution is 2.53. The summed E-state index contributed by atoms with van der Waals surface area (Å²) in [4.78, 5) is 1.05. The summed E-state index contributed by atoms with van der Waals surface area (Å²) in [6.45, 7) is 0. The molecule has 0 amide bonds. The smallest absolute Gasteiger partial charge is 0.0932 e. The number of aliphatic hydroxyl groups excluding tert-OH is 1. The molecule has 4 unspecified atom stereocenters. The molecule has 4 atom stereocenters. The van der Waals surface area contributed by atoms with Crippen molar-refractivity contribution in [3.63, 3.8) is 0 Å². The van der Waals surface area contributed by atoms with Gasteiger partial charge >= 0.3 is 0 Å². The first-order valence-electron chi connectivity index (χ1n) is 5.67. The maximum absolute atomic E-state index is 10.3. The van der Waals surface area contributed by atoms with Crippen LogP contribution < -0.4 is 0 Å². The topological polar surface area (TPSA) is 20.2 Å². The summed E-state index contributed by atoms with van der Waals surface area (Å²) in [5, 5.41) is 10.3. The van der Waals surface area contributed by atoms with Gasteiger partial charge in [-0.15, -0.1) is 11.3 Å². The normalized spacial score (nSPS) is 36.0. The van der Waals surface area contributed by atoms with E-state index in [1.807, 2.05) is 12.1 Å². The van der Waals surface area contributed by atoms with Crippen LogP contribution in [0.4, 0.5) is 0 Å². The monoisotopic (exact) mass is 242 g/mol. The molecule has 3 heteroatoms. The molecule has 1 nitrogen and oxygen atoms in total. The van der Waals surface area contributed by atoms with Crippen molar-refractivity contribution in [1.82, 2.24) is 0 Å². The van der Waals surface area contributed by atoms with Gasteiger partial charge in [0.1, 0.15) is 0 Å². The van der Waals surface area contributed by atoms with Crippen LogP contribution in [0.25, 0.3) is 0 Å². The Balaban J connectivity index is 1.77. The van der Waals surface area contributed by atoms with Crippen molar-refractivity contribution in [2.45, 2.75) is 31.8 Å². The molecule has 2 saturated carbocycles. The molecule has 2 aliphatic carbocycles. The van der Waals surface area contributed by atoms with E-state index in [4.69, 9.17) is 11.6 Å². The number of fused-ring (bicyclic) bond motifs is 2. The molecule has 15 heavy (non-hydrogen) atoms. The lowest BCUT2D eigenvalue weighted by Gasteiger charge is -2.25. The van der Waals surface area contributed by atoms with Crippen molar-refractivity contribution in [2.24, 2.45) is 17.8 Å². The second-order valence-corrected chi connectivity index (χ2v) is 6.67. The first-order valence-corrected chi connectivity index (χ1v) is 6.87. The van der Waals surface area contributed by atoms with Gasteiger partial charge in [0, 0.05) is 4.88 Å². The molecule has 0 radical (unpaired) electrons. The molecule has 0 aromatic carbocycles. The van der Waals surface area contributed by atoms with Crippen LogP contribution in [-0.4, -0.2) is 5.11 Å². The van der Waals surface area contributed by atoms with E-state index in [2.05, 4.69) is 0 Å². The van der Waals surface area contributed by atoms with E-state index in [1.54, 1.807) is 0 Å². The highest BCUT2D eigenvalue weighted by Gasteiger charge is 2.43. The first kappa shape index (κ1) is 10.1. The number of rotatable bonds is 2. The van der Waals surface area contributed by atoms with E-state index in [-0.39, 0.29) is 6.10 Å². The number of aliphatic hydroxyl groups is 1. The molecule has 0 saturated heterocycles. The van der Waals surface area contributed by atoms with Crippen LogP contribution in [0.5, 0.6) is 0 Å². The lowest BCUT2D eigenvalue weighted by atomic mass is 9.84. The van der Waals surface area contributed by atoms with Gasteiger partial charge < -0.3 is 5.11 Å². The minimum absolute atomic E-state index is 0.266. The maximum Gasteiger partial charge on any atom is 0.0932 e. The van der Waals surface area contributed by atoms with Crippen LogP contribution >= 0.6 is 22.9 Å². The Morgan fingerprint density at radius 2 is 2.20 bits per heavy atom. The third kappa shape index (κ3) is 1.73. The Bertz CT molecular complexity index is 362. The van der Waals surface area contributed by atoms with E-state index in [0.29, 0.717) is 5.92 Å². The minimum atomic E-state index is -0.266. The molecule has 2 bridgehead atoms. The molecule has 0 spiro atoms. The summed E-state index contributed by atoms with van der Waals surface area (Å²) < 4.78 is 0.784. The van der Waals surface area contributed by atoms with Gasteiger partial charge in [-0.1, -0.05) is 18.0 Å². The van der Waals surface area contributed by atoms with E-state index < -0.39 is 0 Å². The van der Waals surface area contributed by atoms with Crippen molar-refractivity contribution in [1.29, 1.82) is 0 Å². The van der Waals surface area contributed by atoms with Gasteiger partial charge in [-0.3, -0.25) is 0 Å². The first-order chi connectivity index (χ1) is 7.24. The van der Waals surface area contributed by atoms with Crippen LogP contribution in [0, 0.1) is 17.8 Å². The SMILES string of the molecule is OC(c1ccc(Cl)s1)C1CC2CCC1C2. The Morgan fingerprint density at radius 1 is 1.33 bits per heavy atom. The standard InChI is InChI=1S/C12H15ClOS/c13-11-4-3-10(15-11)12(14)9-6-7-1-2-8(9)5-7/h3-4,7-9,12,14H,1-2,5-6H2. The lowest BCUT2D eigenvalue weighted by molar-refractivity contribution is 0.0775. The number of hydrogen-bond acceptors (Lipinski definition) is 2. The van der Waals surface area contributed by atoms with E-state index in [9.17, 15) is 5.11 Å². The second-order valence-electron chi connectivity index (χ2n) is 4.93. The molecular weight excluding hydrogens is 228 g/mol. The van der Waals surface area contributed by atoms with Crippen LogP contribution in [-0.2, 0) is 0 Å². The third-order valence-corrected chi connectivity index (χ3v) is 5.39. The predicted molar refractivity (Wildman–Crippen MR) is 63.2 cm³/mol. The van der Waals surface area contributed by atoms with Gasteiger partial charge in [0.25, 0.3) is 0 Å². The van der Waals surface area contributed by atoms with Crippen molar-refractivity contribution in [3.8, 4) is 0 Å². The van der Waals surface area contributed by atoms with Crippen LogP contribution in [0.1, 0.15) is 36.7 Å². The Morgan fingerprint density at radius 3 is 2.73 bits per heavy atom. The number of thiophene rings is 1. The minimum Gasteiger partial charge on any atom is -0.387 e. The van der Waals surface area contributed by atoms with Crippen LogP contribution in [0.15, 0.2) is 12.1 Å². The van der Waals surface area contributed by atoms with Gasteiger partial charge in [-0.25, -0.2) is 0 Å². The van der Waals surface area contributed by atoms with Crippen LogP contribution in [0.2, 0.25) is 4.34 Å². The fourth-order valence-corrected chi connectivity index (χ4v) is 4.50. The van der Waals surface area contributed by atoms with Gasteiger partial charge in [0.05, 0.1) is 10.4 Å². The summed E-state index contributed by atoms with van der Waals surface area (Å²) in [5.41, 5.74) is 0. The second kappa shape index (κ2) is 3.76. The van der Waals surface area contributed by atoms with Gasteiger partial charge in [-0.2, -0.15) is 0 Å². The van der Waals surface area contributed by atoms with Crippen molar-refractivity contribution in [2.75, 3.05) is 0 Å². The largest absolute Gasteiger partial charge is 0.387 e. The third-order valence-electron chi connectivity index (χ3n) is 4.08. The molecular formula is C12H15ClOS. The summed E-state index contributed by atoms with van der Waals surface area (Å²) in [6, 6.07) is 3.86. The zero-order chi connectivity index (χ0) is 10.4. The number of halogens is 1. The molecule has 1 N–H and O–H groups in total. The fraction of sp³-hybridized carbons (Fsp3) is 0.667. The average molecular weight is 243 g/mol. The summed E-state index contributed by atoms with van der Waals surface area (Å²) >= 11 is 7.42. The molecule has 1 heterocycles. The summed E-state index contributed by atoms with van der Waals surface area (Å²) in [5.74, 6) is 2.16. The van der Waals surface area contributed by atoms with Crippen molar-refractivity contribution >= 4 is 22.9 Å². The van der Waals surface area contributed by atoms with Crippen LogP contribution in [0.3, 0.4) is 0 Å². The van der Waals surface area contributed by atoms with E-state index in [0.717, 1.165) is 21.0 Å². The molecule has 2 aliphatic rings. The van der Waals surface area contributed by atoms with Gasteiger partial charge in [0.15, 0.2) is 0 Å².